The van der Waals surface area contributed by atoms with Crippen LogP contribution < -0.4 is 19.7 Å². The summed E-state index contributed by atoms with van der Waals surface area (Å²) in [5.41, 5.74) is 4.42. The Kier molecular flexibility index (Phi) is 7.14. The van der Waals surface area contributed by atoms with Gasteiger partial charge in [-0.25, -0.2) is 4.39 Å². The Labute approximate surface area is 253 Å². The normalized spacial score (nSPS) is 21.1. The third-order valence-electron chi connectivity index (χ3n) is 8.80. The average molecular weight is 596 g/mol. The summed E-state index contributed by atoms with van der Waals surface area (Å²) in [6, 6.07) is 17.8. The second kappa shape index (κ2) is 11.3. The molecule has 0 aromatic heterocycles. The van der Waals surface area contributed by atoms with Gasteiger partial charge in [-0.3, -0.25) is 24.6 Å². The molecule has 3 aromatic carbocycles. The smallest absolute Gasteiger partial charge is 0.255 e. The number of carbonyl (C=O) groups excluding carboxylic acids is 3. The lowest BCUT2D eigenvalue weighted by atomic mass is 10.0. The maximum atomic E-state index is 14.5. The van der Waals surface area contributed by atoms with Crippen molar-refractivity contribution in [3.63, 3.8) is 0 Å². The number of anilines is 1. The first-order valence-electron chi connectivity index (χ1n) is 14.7. The lowest BCUT2D eigenvalue weighted by Gasteiger charge is -2.45. The van der Waals surface area contributed by atoms with Gasteiger partial charge in [-0.1, -0.05) is 24.3 Å². The highest BCUT2D eigenvalue weighted by atomic mass is 19.1. The number of nitrogens with one attached hydrogen (secondary N) is 1. The molecule has 0 spiro atoms. The fourth-order valence-corrected chi connectivity index (χ4v) is 6.53. The highest BCUT2D eigenvalue weighted by Crippen LogP contribution is 2.37. The molecule has 7 rings (SSSR count). The van der Waals surface area contributed by atoms with Crippen molar-refractivity contribution in [2.24, 2.45) is 0 Å². The molecule has 0 unspecified atom stereocenters. The van der Waals surface area contributed by atoms with Gasteiger partial charge in [0.2, 0.25) is 11.8 Å². The zero-order chi connectivity index (χ0) is 30.4. The molecule has 4 aliphatic rings. The number of nitrogens with zero attached hydrogens (tertiary/aromatic N) is 4. The van der Waals surface area contributed by atoms with Gasteiger partial charge in [-0.15, -0.1) is 0 Å². The number of ether oxygens (including phenoxy) is 2. The van der Waals surface area contributed by atoms with E-state index >= 15 is 0 Å². The van der Waals surface area contributed by atoms with Crippen molar-refractivity contribution in [3.8, 4) is 17.6 Å². The van der Waals surface area contributed by atoms with Gasteiger partial charge in [0.15, 0.2) is 0 Å². The zero-order valence-corrected chi connectivity index (χ0v) is 23.9. The number of piperidine rings is 1. The lowest BCUT2D eigenvalue weighted by Crippen LogP contribution is -2.56. The van der Waals surface area contributed by atoms with Crippen LogP contribution in [0.15, 0.2) is 54.6 Å². The topological polar surface area (TPSA) is 115 Å². The minimum absolute atomic E-state index is 0.112. The van der Waals surface area contributed by atoms with Crippen molar-refractivity contribution in [2.45, 2.75) is 44.6 Å². The molecule has 2 fully saturated rings. The number of piperazine rings is 1. The average Bonchev–Trinajstić information content (AvgIpc) is 3.35. The zero-order valence-electron chi connectivity index (χ0n) is 23.9. The minimum atomic E-state index is -0.780. The Morgan fingerprint density at radius 1 is 1.02 bits per heavy atom. The summed E-state index contributed by atoms with van der Waals surface area (Å²) in [7, 11) is 0. The molecule has 2 saturated heterocycles. The van der Waals surface area contributed by atoms with Crippen molar-refractivity contribution in [1.29, 1.82) is 5.26 Å². The number of nitriles is 1. The SMILES string of the molecule is N#Cc1ccc2c(c1)OC[C@H]1CN(Cc3ccc(COc4cc(F)cc5c4CN([C@H]4CCC(=O)NC4=O)C5=O)cc3)CCN21. The quantitative estimate of drug-likeness (QED) is 0.433. The number of rotatable bonds is 6. The van der Waals surface area contributed by atoms with E-state index in [2.05, 4.69) is 33.3 Å². The summed E-state index contributed by atoms with van der Waals surface area (Å²) in [6.45, 7) is 4.31. The van der Waals surface area contributed by atoms with Gasteiger partial charge in [0.1, 0.15) is 36.6 Å². The summed E-state index contributed by atoms with van der Waals surface area (Å²) >= 11 is 0. The molecule has 0 aliphatic carbocycles. The molecule has 0 saturated carbocycles. The summed E-state index contributed by atoms with van der Waals surface area (Å²) < 4.78 is 26.5. The van der Waals surface area contributed by atoms with E-state index in [-0.39, 0.29) is 49.3 Å². The lowest BCUT2D eigenvalue weighted by molar-refractivity contribution is -0.136. The van der Waals surface area contributed by atoms with Crippen molar-refractivity contribution in [2.75, 3.05) is 31.1 Å². The summed E-state index contributed by atoms with van der Waals surface area (Å²) in [4.78, 5) is 43.2. The van der Waals surface area contributed by atoms with Crippen LogP contribution >= 0.6 is 0 Å². The number of carbonyl (C=O) groups is 3. The molecular weight excluding hydrogens is 565 g/mol. The first-order chi connectivity index (χ1) is 21.4. The summed E-state index contributed by atoms with van der Waals surface area (Å²) in [6.07, 6.45) is 0.381. The molecule has 3 amide bonds. The van der Waals surface area contributed by atoms with Crippen molar-refractivity contribution < 1.29 is 28.2 Å². The van der Waals surface area contributed by atoms with Crippen LogP contribution in [-0.4, -0.2) is 65.8 Å². The predicted molar refractivity (Wildman–Crippen MR) is 156 cm³/mol. The monoisotopic (exact) mass is 595 g/mol. The first-order valence-corrected chi connectivity index (χ1v) is 14.7. The maximum Gasteiger partial charge on any atom is 0.255 e. The Balaban J connectivity index is 0.967. The Bertz CT molecular complexity index is 1700. The van der Waals surface area contributed by atoms with E-state index in [1.54, 1.807) is 6.07 Å². The molecule has 3 aromatic rings. The highest BCUT2D eigenvalue weighted by Gasteiger charge is 2.40. The van der Waals surface area contributed by atoms with Crippen molar-refractivity contribution in [1.82, 2.24) is 15.1 Å². The number of benzene rings is 3. The highest BCUT2D eigenvalue weighted by molar-refractivity contribution is 6.05. The standard InChI is InChI=1S/C33H30FN5O5/c34-23-12-25-26(17-39(33(25)42)28-7-8-31(40)36-32(28)41)29(13-23)43-18-21-3-1-20(2-4-21)15-37-9-10-38-24(16-37)19-44-30-11-22(14-35)5-6-27(30)38/h1-6,11-13,24,28H,7-10,15-19H2,(H,36,40,41)/t24-,28+/m1/s1. The van der Waals surface area contributed by atoms with Crippen molar-refractivity contribution in [3.05, 3.63) is 88.2 Å². The molecule has 4 heterocycles. The van der Waals surface area contributed by atoms with Gasteiger partial charge in [0.25, 0.3) is 5.91 Å². The second-order valence-electron chi connectivity index (χ2n) is 11.6. The molecule has 10 nitrogen and oxygen atoms in total. The predicted octanol–water partition coefficient (Wildman–Crippen LogP) is 3.12. The molecular formula is C33H30FN5O5. The van der Waals surface area contributed by atoms with Crippen LogP contribution in [0, 0.1) is 17.1 Å². The van der Waals surface area contributed by atoms with Crippen LogP contribution in [0.2, 0.25) is 0 Å². The van der Waals surface area contributed by atoms with Crippen LogP contribution in [0.4, 0.5) is 10.1 Å². The van der Waals surface area contributed by atoms with E-state index in [0.717, 1.165) is 48.7 Å². The molecule has 224 valence electrons. The van der Waals surface area contributed by atoms with Gasteiger partial charge < -0.3 is 19.3 Å². The number of imide groups is 1. The van der Waals surface area contributed by atoms with Gasteiger partial charge in [0, 0.05) is 50.3 Å². The van der Waals surface area contributed by atoms with Gasteiger partial charge in [-0.05, 0) is 35.7 Å². The van der Waals surface area contributed by atoms with E-state index in [9.17, 15) is 24.0 Å². The van der Waals surface area contributed by atoms with E-state index < -0.39 is 23.7 Å². The van der Waals surface area contributed by atoms with E-state index in [4.69, 9.17) is 9.47 Å². The fourth-order valence-electron chi connectivity index (χ4n) is 6.53. The minimum Gasteiger partial charge on any atom is -0.489 e. The van der Waals surface area contributed by atoms with Gasteiger partial charge >= 0.3 is 0 Å². The van der Waals surface area contributed by atoms with Crippen molar-refractivity contribution >= 4 is 23.4 Å². The molecule has 0 bridgehead atoms. The van der Waals surface area contributed by atoms with E-state index in [1.165, 1.54) is 17.0 Å². The third-order valence-corrected chi connectivity index (χ3v) is 8.80. The summed E-state index contributed by atoms with van der Waals surface area (Å²) in [5.74, 6) is -0.869. The van der Waals surface area contributed by atoms with Crippen LogP contribution in [0.1, 0.15) is 45.5 Å². The molecule has 44 heavy (non-hydrogen) atoms. The first kappa shape index (κ1) is 27.9. The number of hydrogen-bond donors (Lipinski definition) is 1. The Morgan fingerprint density at radius 2 is 1.84 bits per heavy atom. The van der Waals surface area contributed by atoms with Crippen LogP contribution in [-0.2, 0) is 29.3 Å². The summed E-state index contributed by atoms with van der Waals surface area (Å²) in [5, 5.41) is 11.5. The van der Waals surface area contributed by atoms with Crippen LogP contribution in [0.3, 0.4) is 0 Å². The number of fused-ring (bicyclic) bond motifs is 4. The number of amides is 3. The molecule has 4 aliphatic heterocycles. The van der Waals surface area contributed by atoms with Gasteiger partial charge in [0.05, 0.1) is 35.5 Å². The molecule has 1 N–H and O–H groups in total. The fraction of sp³-hybridized carbons (Fsp3) is 0.333. The maximum absolute atomic E-state index is 14.5. The Hall–Kier alpha value is -4.95. The van der Waals surface area contributed by atoms with Crippen LogP contribution in [0.5, 0.6) is 11.5 Å². The Morgan fingerprint density at radius 3 is 2.64 bits per heavy atom. The number of hydrogen-bond acceptors (Lipinski definition) is 8. The molecule has 2 atom stereocenters. The molecule has 11 heteroatoms. The second-order valence-corrected chi connectivity index (χ2v) is 11.6. The van der Waals surface area contributed by atoms with E-state index in [0.29, 0.717) is 17.7 Å². The largest absolute Gasteiger partial charge is 0.489 e. The van der Waals surface area contributed by atoms with Crippen LogP contribution in [0.25, 0.3) is 0 Å². The molecule has 0 radical (unpaired) electrons. The van der Waals surface area contributed by atoms with Gasteiger partial charge in [-0.2, -0.15) is 5.26 Å². The third kappa shape index (κ3) is 5.22. The van der Waals surface area contributed by atoms with E-state index in [1.807, 2.05) is 24.3 Å². The number of halogens is 1.